The van der Waals surface area contributed by atoms with Gasteiger partial charge in [-0.1, -0.05) is 12.1 Å². The van der Waals surface area contributed by atoms with Crippen molar-refractivity contribution in [2.24, 2.45) is 0 Å². The molecule has 0 radical (unpaired) electrons. The Morgan fingerprint density at radius 1 is 1.37 bits per heavy atom. The molecule has 1 fully saturated rings. The minimum absolute atomic E-state index is 0.174. The Morgan fingerprint density at radius 2 is 2.21 bits per heavy atom. The Morgan fingerprint density at radius 3 is 2.89 bits per heavy atom. The lowest BCUT2D eigenvalue weighted by atomic mass is 9.93. The van der Waals surface area contributed by atoms with Crippen LogP contribution in [-0.2, 0) is 6.54 Å². The van der Waals surface area contributed by atoms with Gasteiger partial charge >= 0.3 is 5.69 Å². The molecule has 0 bridgehead atoms. The standard InChI is InChI=1S/C13H13N5O/c14-8-10-3-1-4-11(7-10)9-17-13(19)18(16-15-17)12-5-2-6-12/h1,3-4,7,12H,2,5-6,9H2. The second kappa shape index (κ2) is 4.69. The molecule has 1 aromatic heterocycles. The Bertz CT molecular complexity index is 690. The highest BCUT2D eigenvalue weighted by molar-refractivity contribution is 5.32. The molecule has 0 N–H and O–H groups in total. The molecule has 0 saturated heterocycles. The molecule has 1 aliphatic rings. The van der Waals surface area contributed by atoms with Gasteiger partial charge in [-0.05, 0) is 47.4 Å². The maximum Gasteiger partial charge on any atom is 0.364 e. The van der Waals surface area contributed by atoms with Crippen molar-refractivity contribution in [1.82, 2.24) is 19.8 Å². The molecule has 6 nitrogen and oxygen atoms in total. The monoisotopic (exact) mass is 255 g/mol. The van der Waals surface area contributed by atoms with E-state index < -0.39 is 0 Å². The molecule has 0 amide bonds. The number of tetrazole rings is 1. The Labute approximate surface area is 109 Å². The van der Waals surface area contributed by atoms with E-state index >= 15 is 0 Å². The summed E-state index contributed by atoms with van der Waals surface area (Å²) in [5.74, 6) is 0. The fourth-order valence-electron chi connectivity index (χ4n) is 2.16. The molecule has 0 atom stereocenters. The van der Waals surface area contributed by atoms with E-state index in [2.05, 4.69) is 16.5 Å². The zero-order valence-electron chi connectivity index (χ0n) is 10.4. The first-order chi connectivity index (χ1) is 9.28. The SMILES string of the molecule is N#Cc1cccc(Cn2nnn(C3CCC3)c2=O)c1. The highest BCUT2D eigenvalue weighted by Crippen LogP contribution is 2.28. The normalized spacial score (nSPS) is 14.9. The number of hydrogen-bond donors (Lipinski definition) is 0. The van der Waals surface area contributed by atoms with Crippen molar-refractivity contribution >= 4 is 0 Å². The average molecular weight is 255 g/mol. The van der Waals surface area contributed by atoms with Crippen LogP contribution in [0.2, 0.25) is 0 Å². The average Bonchev–Trinajstić information content (AvgIpc) is 2.70. The summed E-state index contributed by atoms with van der Waals surface area (Å²) in [6, 6.07) is 9.46. The van der Waals surface area contributed by atoms with Gasteiger partial charge in [-0.15, -0.1) is 0 Å². The molecule has 1 aliphatic carbocycles. The summed E-state index contributed by atoms with van der Waals surface area (Å²) >= 11 is 0. The Balaban J connectivity index is 1.85. The van der Waals surface area contributed by atoms with E-state index in [0.29, 0.717) is 12.1 Å². The van der Waals surface area contributed by atoms with Gasteiger partial charge in [0.15, 0.2) is 0 Å². The zero-order valence-corrected chi connectivity index (χ0v) is 10.4. The molecule has 6 heteroatoms. The molecule has 96 valence electrons. The molecule has 0 unspecified atom stereocenters. The zero-order chi connectivity index (χ0) is 13.2. The number of aromatic nitrogens is 4. The molecule has 0 spiro atoms. The molecule has 1 aromatic carbocycles. The van der Waals surface area contributed by atoms with E-state index in [-0.39, 0.29) is 11.7 Å². The van der Waals surface area contributed by atoms with E-state index in [1.807, 2.05) is 6.07 Å². The van der Waals surface area contributed by atoms with Crippen LogP contribution in [0.1, 0.15) is 36.4 Å². The lowest BCUT2D eigenvalue weighted by Crippen LogP contribution is -2.31. The van der Waals surface area contributed by atoms with Gasteiger partial charge in [-0.3, -0.25) is 0 Å². The number of benzene rings is 1. The van der Waals surface area contributed by atoms with Gasteiger partial charge in [-0.25, -0.2) is 4.79 Å². The van der Waals surface area contributed by atoms with Crippen LogP contribution >= 0.6 is 0 Å². The van der Waals surface area contributed by atoms with E-state index in [9.17, 15) is 4.79 Å². The molecule has 19 heavy (non-hydrogen) atoms. The van der Waals surface area contributed by atoms with E-state index in [0.717, 1.165) is 24.8 Å². The van der Waals surface area contributed by atoms with E-state index in [4.69, 9.17) is 5.26 Å². The van der Waals surface area contributed by atoms with Crippen molar-refractivity contribution in [1.29, 1.82) is 5.26 Å². The molecule has 0 aliphatic heterocycles. The Hall–Kier alpha value is -2.42. The highest BCUT2D eigenvalue weighted by atomic mass is 16.2. The van der Waals surface area contributed by atoms with Crippen molar-refractivity contribution in [2.45, 2.75) is 31.8 Å². The van der Waals surface area contributed by atoms with Gasteiger partial charge in [0.2, 0.25) is 0 Å². The van der Waals surface area contributed by atoms with E-state index in [1.54, 1.807) is 18.2 Å². The summed E-state index contributed by atoms with van der Waals surface area (Å²) in [6.45, 7) is 0.348. The van der Waals surface area contributed by atoms with Crippen LogP contribution in [-0.4, -0.2) is 19.8 Å². The minimum Gasteiger partial charge on any atom is -0.244 e. The number of nitriles is 1. The van der Waals surface area contributed by atoms with Crippen LogP contribution in [0.15, 0.2) is 29.1 Å². The molecule has 2 aromatic rings. The number of hydrogen-bond acceptors (Lipinski definition) is 4. The second-order valence-electron chi connectivity index (χ2n) is 4.76. The van der Waals surface area contributed by atoms with Crippen LogP contribution < -0.4 is 5.69 Å². The maximum absolute atomic E-state index is 12.1. The second-order valence-corrected chi connectivity index (χ2v) is 4.76. The largest absolute Gasteiger partial charge is 0.364 e. The molecule has 1 heterocycles. The van der Waals surface area contributed by atoms with Crippen LogP contribution in [0.25, 0.3) is 0 Å². The first-order valence-corrected chi connectivity index (χ1v) is 6.29. The third kappa shape index (κ3) is 2.15. The Kier molecular flexibility index (Phi) is 2.88. The van der Waals surface area contributed by atoms with Gasteiger partial charge in [0.05, 0.1) is 24.2 Å². The summed E-state index contributed by atoms with van der Waals surface area (Å²) in [5.41, 5.74) is 1.28. The minimum atomic E-state index is -0.174. The first kappa shape index (κ1) is 11.7. The van der Waals surface area contributed by atoms with Crippen molar-refractivity contribution < 1.29 is 0 Å². The summed E-state index contributed by atoms with van der Waals surface area (Å²) < 4.78 is 2.81. The van der Waals surface area contributed by atoms with E-state index in [1.165, 1.54) is 9.36 Å². The summed E-state index contributed by atoms with van der Waals surface area (Å²) in [4.78, 5) is 12.1. The third-order valence-electron chi connectivity index (χ3n) is 3.47. The fraction of sp³-hybridized carbons (Fsp3) is 0.385. The van der Waals surface area contributed by atoms with Crippen LogP contribution in [0.3, 0.4) is 0 Å². The highest BCUT2D eigenvalue weighted by Gasteiger charge is 2.23. The number of nitrogens with zero attached hydrogens (tertiary/aromatic N) is 5. The predicted molar refractivity (Wildman–Crippen MR) is 67.4 cm³/mol. The van der Waals surface area contributed by atoms with Crippen molar-refractivity contribution in [2.75, 3.05) is 0 Å². The molecular weight excluding hydrogens is 242 g/mol. The summed E-state index contributed by atoms with van der Waals surface area (Å²) in [5, 5.41) is 16.7. The molecule has 3 rings (SSSR count). The van der Waals surface area contributed by atoms with Gasteiger partial charge in [0.25, 0.3) is 0 Å². The fourth-order valence-corrected chi connectivity index (χ4v) is 2.16. The van der Waals surface area contributed by atoms with Gasteiger partial charge in [0.1, 0.15) is 0 Å². The lowest BCUT2D eigenvalue weighted by Gasteiger charge is -2.23. The molecule has 1 saturated carbocycles. The topological polar surface area (TPSA) is 76.5 Å². The molecular formula is C13H13N5O. The maximum atomic E-state index is 12.1. The van der Waals surface area contributed by atoms with Gasteiger partial charge in [0, 0.05) is 0 Å². The lowest BCUT2D eigenvalue weighted by molar-refractivity contribution is 0.277. The van der Waals surface area contributed by atoms with Crippen molar-refractivity contribution in [3.63, 3.8) is 0 Å². The third-order valence-corrected chi connectivity index (χ3v) is 3.47. The predicted octanol–water partition coefficient (Wildman–Crippen LogP) is 1.08. The number of rotatable bonds is 3. The quantitative estimate of drug-likeness (QED) is 0.822. The summed E-state index contributed by atoms with van der Waals surface area (Å²) in [7, 11) is 0. The smallest absolute Gasteiger partial charge is 0.244 e. The van der Waals surface area contributed by atoms with Crippen LogP contribution in [0.4, 0.5) is 0 Å². The summed E-state index contributed by atoms with van der Waals surface area (Å²) in [6.07, 6.45) is 3.15. The first-order valence-electron chi connectivity index (χ1n) is 6.29. The van der Waals surface area contributed by atoms with Crippen LogP contribution in [0.5, 0.6) is 0 Å². The van der Waals surface area contributed by atoms with Gasteiger partial charge < -0.3 is 0 Å². The van der Waals surface area contributed by atoms with Crippen molar-refractivity contribution in [3.8, 4) is 6.07 Å². The van der Waals surface area contributed by atoms with Crippen molar-refractivity contribution in [3.05, 3.63) is 45.9 Å². The van der Waals surface area contributed by atoms with Gasteiger partial charge in [-0.2, -0.15) is 14.6 Å². The van der Waals surface area contributed by atoms with Crippen LogP contribution in [0, 0.1) is 11.3 Å².